The first-order chi connectivity index (χ1) is 17.3. The van der Waals surface area contributed by atoms with Crippen LogP contribution in [0.1, 0.15) is 37.0 Å². The SMILES string of the molecule is CC[C@@]1(O)C(=O)OCc2c1cc1n(c2=O)Cc2cc3c(O)c(N=C(C)N4CCOCC4)ccc3nc2-1. The second kappa shape index (κ2) is 8.14. The van der Waals surface area contributed by atoms with E-state index in [4.69, 9.17) is 14.5 Å². The molecule has 1 fully saturated rings. The number of carbonyl (C=O) groups excluding carboxylic acids is 1. The Balaban J connectivity index is 1.45. The van der Waals surface area contributed by atoms with E-state index in [1.54, 1.807) is 29.7 Å². The molecule has 0 aliphatic carbocycles. The first-order valence-electron chi connectivity index (χ1n) is 12.0. The molecular formula is C26H26N4O6. The lowest BCUT2D eigenvalue weighted by molar-refractivity contribution is -0.172. The summed E-state index contributed by atoms with van der Waals surface area (Å²) in [7, 11) is 0. The topological polar surface area (TPSA) is 126 Å². The molecule has 0 saturated carbocycles. The van der Waals surface area contributed by atoms with E-state index < -0.39 is 11.6 Å². The lowest BCUT2D eigenvalue weighted by Gasteiger charge is -2.31. The van der Waals surface area contributed by atoms with Crippen molar-refractivity contribution in [3.8, 4) is 17.1 Å². The first kappa shape index (κ1) is 22.7. The van der Waals surface area contributed by atoms with Crippen LogP contribution in [0.25, 0.3) is 22.3 Å². The number of benzene rings is 1. The molecule has 3 aliphatic rings. The molecule has 0 amide bonds. The Kier molecular flexibility index (Phi) is 5.13. The molecular weight excluding hydrogens is 464 g/mol. The normalized spacial score (nSPS) is 21.2. The fourth-order valence-corrected chi connectivity index (χ4v) is 5.25. The van der Waals surface area contributed by atoms with Crippen LogP contribution in [0, 0.1) is 0 Å². The predicted molar refractivity (Wildman–Crippen MR) is 131 cm³/mol. The summed E-state index contributed by atoms with van der Waals surface area (Å²) in [4.78, 5) is 37.2. The Morgan fingerprint density at radius 3 is 2.75 bits per heavy atom. The highest BCUT2D eigenvalue weighted by Gasteiger charge is 2.45. The van der Waals surface area contributed by atoms with Gasteiger partial charge in [-0.3, -0.25) is 4.79 Å². The van der Waals surface area contributed by atoms with Crippen LogP contribution in [-0.2, 0) is 33.0 Å². The standard InChI is InChI=1S/C26H26N4O6/c1-3-26(34)18-11-21-22-15(12-30(21)24(32)17(18)13-36-25(26)33)10-16-19(28-22)4-5-20(23(16)31)27-14(2)29-6-8-35-9-7-29/h4-5,10-11,31,34H,3,6-9,12-13H2,1-2H3/t26-/m0/s1. The average molecular weight is 491 g/mol. The van der Waals surface area contributed by atoms with Crippen molar-refractivity contribution in [2.75, 3.05) is 26.3 Å². The Morgan fingerprint density at radius 2 is 2.00 bits per heavy atom. The van der Waals surface area contributed by atoms with Gasteiger partial charge in [0.05, 0.1) is 42.2 Å². The molecule has 3 aromatic rings. The van der Waals surface area contributed by atoms with Crippen molar-refractivity contribution >= 4 is 28.4 Å². The number of nitrogens with zero attached hydrogens (tertiary/aromatic N) is 4. The van der Waals surface area contributed by atoms with Crippen molar-refractivity contribution < 1.29 is 24.5 Å². The molecule has 1 saturated heterocycles. The Hall–Kier alpha value is -3.76. The number of amidine groups is 1. The number of aromatic nitrogens is 2. The number of hydrogen-bond donors (Lipinski definition) is 2. The number of carbonyl (C=O) groups is 1. The molecule has 1 atom stereocenters. The number of aromatic hydroxyl groups is 1. The van der Waals surface area contributed by atoms with Crippen LogP contribution in [0.3, 0.4) is 0 Å². The van der Waals surface area contributed by atoms with Gasteiger partial charge >= 0.3 is 5.97 Å². The van der Waals surface area contributed by atoms with Crippen LogP contribution in [0.15, 0.2) is 34.1 Å². The van der Waals surface area contributed by atoms with Crippen molar-refractivity contribution in [3.05, 3.63) is 51.3 Å². The van der Waals surface area contributed by atoms with Gasteiger partial charge in [-0.15, -0.1) is 0 Å². The number of aliphatic imine (C=N–C) groups is 1. The summed E-state index contributed by atoms with van der Waals surface area (Å²) in [6, 6.07) is 7.02. The van der Waals surface area contributed by atoms with Gasteiger partial charge in [-0.25, -0.2) is 14.8 Å². The number of fused-ring (bicyclic) bond motifs is 5. The molecule has 0 unspecified atom stereocenters. The summed E-state index contributed by atoms with van der Waals surface area (Å²) in [6.07, 6.45) is 0.0841. The lowest BCUT2D eigenvalue weighted by atomic mass is 9.86. The lowest BCUT2D eigenvalue weighted by Crippen LogP contribution is -2.44. The Bertz CT molecular complexity index is 1520. The van der Waals surface area contributed by atoms with Gasteiger partial charge in [-0.1, -0.05) is 6.92 Å². The van der Waals surface area contributed by atoms with Crippen molar-refractivity contribution in [2.24, 2.45) is 4.99 Å². The molecule has 2 aromatic heterocycles. The molecule has 0 bridgehead atoms. The van der Waals surface area contributed by atoms with Crippen LogP contribution in [0.5, 0.6) is 5.75 Å². The summed E-state index contributed by atoms with van der Waals surface area (Å²) in [5.41, 5.74) is 1.23. The number of rotatable bonds is 2. The average Bonchev–Trinajstić information content (AvgIpc) is 3.26. The molecule has 36 heavy (non-hydrogen) atoms. The molecule has 186 valence electrons. The largest absolute Gasteiger partial charge is 0.505 e. The third kappa shape index (κ3) is 3.25. The van der Waals surface area contributed by atoms with E-state index in [1.165, 1.54) is 0 Å². The first-order valence-corrected chi connectivity index (χ1v) is 12.0. The minimum atomic E-state index is -1.87. The van der Waals surface area contributed by atoms with Gasteiger partial charge in [0.2, 0.25) is 0 Å². The van der Waals surface area contributed by atoms with Gasteiger partial charge < -0.3 is 29.2 Å². The van der Waals surface area contributed by atoms with Crippen LogP contribution in [-0.4, -0.2) is 62.8 Å². The third-order valence-corrected chi connectivity index (χ3v) is 7.39. The third-order valence-electron chi connectivity index (χ3n) is 7.39. The zero-order valence-electron chi connectivity index (χ0n) is 20.1. The van der Waals surface area contributed by atoms with E-state index in [-0.39, 0.29) is 42.0 Å². The predicted octanol–water partition coefficient (Wildman–Crippen LogP) is 2.17. The second-order valence-corrected chi connectivity index (χ2v) is 9.36. The summed E-state index contributed by atoms with van der Waals surface area (Å²) < 4.78 is 12.1. The van der Waals surface area contributed by atoms with E-state index in [9.17, 15) is 19.8 Å². The molecule has 6 rings (SSSR count). The summed E-state index contributed by atoms with van der Waals surface area (Å²) in [5, 5.41) is 22.6. The smallest absolute Gasteiger partial charge is 0.343 e. The number of phenolic OH excluding ortho intramolecular Hbond substituents is 1. The molecule has 1 aromatic carbocycles. The highest BCUT2D eigenvalue weighted by atomic mass is 16.6. The maximum atomic E-state index is 13.3. The molecule has 10 heteroatoms. The maximum Gasteiger partial charge on any atom is 0.343 e. The maximum absolute atomic E-state index is 13.3. The van der Waals surface area contributed by atoms with Crippen LogP contribution >= 0.6 is 0 Å². The number of esters is 1. The number of cyclic esters (lactones) is 1. The van der Waals surface area contributed by atoms with E-state index in [0.717, 1.165) is 24.5 Å². The fourth-order valence-electron chi connectivity index (χ4n) is 5.25. The fraction of sp³-hybridized carbons (Fsp3) is 0.385. The van der Waals surface area contributed by atoms with Crippen molar-refractivity contribution in [3.63, 3.8) is 0 Å². The second-order valence-electron chi connectivity index (χ2n) is 9.36. The minimum absolute atomic E-state index is 0.0253. The number of pyridine rings is 2. The molecule has 10 nitrogen and oxygen atoms in total. The van der Waals surface area contributed by atoms with Crippen molar-refractivity contribution in [2.45, 2.75) is 39.0 Å². The summed E-state index contributed by atoms with van der Waals surface area (Å²) in [5.74, 6) is 0.0704. The van der Waals surface area contributed by atoms with Gasteiger partial charge in [-0.05, 0) is 37.6 Å². The highest BCUT2D eigenvalue weighted by Crippen LogP contribution is 2.41. The van der Waals surface area contributed by atoms with Crippen LogP contribution in [0.4, 0.5) is 5.69 Å². The molecule has 0 spiro atoms. The molecule has 3 aliphatic heterocycles. The quantitative estimate of drug-likeness (QED) is 0.249. The van der Waals surface area contributed by atoms with E-state index in [2.05, 4.69) is 9.89 Å². The molecule has 0 radical (unpaired) electrons. The number of ether oxygens (including phenoxy) is 2. The zero-order valence-corrected chi connectivity index (χ0v) is 20.1. The number of hydrogen-bond acceptors (Lipinski definition) is 8. The Morgan fingerprint density at radius 1 is 1.22 bits per heavy atom. The van der Waals surface area contributed by atoms with Gasteiger partial charge in [0.1, 0.15) is 18.1 Å². The monoisotopic (exact) mass is 490 g/mol. The Labute approximate surface area is 206 Å². The highest BCUT2D eigenvalue weighted by molar-refractivity contribution is 5.94. The number of morpholine rings is 1. The van der Waals surface area contributed by atoms with Gasteiger partial charge in [0.25, 0.3) is 5.56 Å². The minimum Gasteiger partial charge on any atom is -0.505 e. The van der Waals surface area contributed by atoms with Crippen LogP contribution in [0.2, 0.25) is 0 Å². The summed E-state index contributed by atoms with van der Waals surface area (Å²) in [6.45, 7) is 6.46. The van der Waals surface area contributed by atoms with Crippen molar-refractivity contribution in [1.82, 2.24) is 14.5 Å². The van der Waals surface area contributed by atoms with E-state index in [1.807, 2.05) is 13.0 Å². The van der Waals surface area contributed by atoms with Crippen molar-refractivity contribution in [1.29, 1.82) is 0 Å². The zero-order chi connectivity index (χ0) is 25.2. The molecule has 5 heterocycles. The van der Waals surface area contributed by atoms with Crippen LogP contribution < -0.4 is 5.56 Å². The van der Waals surface area contributed by atoms with Gasteiger partial charge in [0.15, 0.2) is 11.4 Å². The number of aliphatic hydroxyl groups is 1. The summed E-state index contributed by atoms with van der Waals surface area (Å²) >= 11 is 0. The van der Waals surface area contributed by atoms with E-state index in [0.29, 0.717) is 41.2 Å². The molecule has 2 N–H and O–H groups in total. The number of phenols is 1. The van der Waals surface area contributed by atoms with Gasteiger partial charge in [-0.2, -0.15) is 0 Å². The van der Waals surface area contributed by atoms with Gasteiger partial charge in [0, 0.05) is 29.6 Å². The van der Waals surface area contributed by atoms with E-state index >= 15 is 0 Å².